The first-order valence-corrected chi connectivity index (χ1v) is 10.8. The first-order chi connectivity index (χ1) is 16.6. The van der Waals surface area contributed by atoms with E-state index in [1.54, 1.807) is 31.6 Å². The summed E-state index contributed by atoms with van der Waals surface area (Å²) in [6.45, 7) is 1.41. The number of aromatic nitrogens is 3. The van der Waals surface area contributed by atoms with Crippen LogP contribution in [0.3, 0.4) is 0 Å². The van der Waals surface area contributed by atoms with E-state index in [0.29, 0.717) is 54.4 Å². The third-order valence-corrected chi connectivity index (χ3v) is 5.40. The summed E-state index contributed by atoms with van der Waals surface area (Å²) in [4.78, 5) is 39.3. The van der Waals surface area contributed by atoms with Crippen molar-refractivity contribution < 1.29 is 14.3 Å². The molecule has 1 aliphatic heterocycles. The summed E-state index contributed by atoms with van der Waals surface area (Å²) in [6, 6.07) is 8.83. The van der Waals surface area contributed by atoms with Crippen LogP contribution >= 0.6 is 0 Å². The first-order valence-electron chi connectivity index (χ1n) is 10.8. The van der Waals surface area contributed by atoms with Crippen LogP contribution in [0.25, 0.3) is 11.1 Å². The number of pyridine rings is 3. The lowest BCUT2D eigenvalue weighted by molar-refractivity contribution is 0.111. The van der Waals surface area contributed by atoms with E-state index in [1.165, 1.54) is 11.1 Å². The number of nitrogens with one attached hydrogen (secondary N) is 2. The zero-order valence-corrected chi connectivity index (χ0v) is 18.6. The Morgan fingerprint density at radius 1 is 1.35 bits per heavy atom. The third kappa shape index (κ3) is 4.84. The SMILES string of the molecule is COCCNc1cc(NC(=O)N2CCCc3cc(-c4cccnc4)c(C=O)nc32)ncc1C#N. The van der Waals surface area contributed by atoms with Gasteiger partial charge in [-0.25, -0.2) is 14.8 Å². The number of anilines is 3. The average Bonchev–Trinajstić information content (AvgIpc) is 2.88. The van der Waals surface area contributed by atoms with Crippen molar-refractivity contribution in [2.24, 2.45) is 0 Å². The molecule has 1 aliphatic rings. The molecule has 0 atom stereocenters. The molecule has 0 spiro atoms. The summed E-state index contributed by atoms with van der Waals surface area (Å²) in [7, 11) is 1.59. The van der Waals surface area contributed by atoms with E-state index in [4.69, 9.17) is 4.74 Å². The number of nitriles is 1. The summed E-state index contributed by atoms with van der Waals surface area (Å²) < 4.78 is 5.03. The second kappa shape index (κ2) is 10.5. The van der Waals surface area contributed by atoms with Gasteiger partial charge in [-0.05, 0) is 30.5 Å². The molecule has 3 aromatic heterocycles. The number of carbonyl (C=O) groups excluding carboxylic acids is 2. The van der Waals surface area contributed by atoms with Crippen LogP contribution in [0.1, 0.15) is 28.0 Å². The van der Waals surface area contributed by atoms with Gasteiger partial charge in [0.2, 0.25) is 0 Å². The van der Waals surface area contributed by atoms with E-state index >= 15 is 0 Å². The summed E-state index contributed by atoms with van der Waals surface area (Å²) >= 11 is 0. The molecule has 3 aromatic rings. The van der Waals surface area contributed by atoms with Crippen molar-refractivity contribution in [2.45, 2.75) is 12.8 Å². The third-order valence-electron chi connectivity index (χ3n) is 5.40. The fourth-order valence-electron chi connectivity index (χ4n) is 3.77. The number of hydrogen-bond acceptors (Lipinski definition) is 8. The highest BCUT2D eigenvalue weighted by atomic mass is 16.5. The molecule has 4 heterocycles. The normalized spacial score (nSPS) is 12.4. The number of rotatable bonds is 7. The zero-order valence-electron chi connectivity index (χ0n) is 18.6. The van der Waals surface area contributed by atoms with E-state index in [0.717, 1.165) is 24.0 Å². The Balaban J connectivity index is 1.60. The van der Waals surface area contributed by atoms with Gasteiger partial charge in [-0.2, -0.15) is 5.26 Å². The van der Waals surface area contributed by atoms with Crippen LogP contribution in [0.4, 0.5) is 22.1 Å². The molecular formula is C24H23N7O3. The summed E-state index contributed by atoms with van der Waals surface area (Å²) in [6.07, 6.45) is 6.92. The summed E-state index contributed by atoms with van der Waals surface area (Å²) in [5, 5.41) is 15.2. The minimum Gasteiger partial charge on any atom is -0.383 e. The average molecular weight is 457 g/mol. The lowest BCUT2D eigenvalue weighted by Gasteiger charge is -2.29. The molecule has 2 N–H and O–H groups in total. The van der Waals surface area contributed by atoms with Gasteiger partial charge < -0.3 is 10.1 Å². The molecule has 172 valence electrons. The number of urea groups is 1. The lowest BCUT2D eigenvalue weighted by Crippen LogP contribution is -2.39. The number of aryl methyl sites for hydroxylation is 1. The minimum atomic E-state index is -0.417. The number of nitrogens with zero attached hydrogens (tertiary/aromatic N) is 5. The van der Waals surface area contributed by atoms with Gasteiger partial charge in [-0.15, -0.1) is 0 Å². The topological polar surface area (TPSA) is 133 Å². The molecule has 34 heavy (non-hydrogen) atoms. The van der Waals surface area contributed by atoms with Crippen molar-refractivity contribution >= 4 is 29.6 Å². The number of amides is 2. The lowest BCUT2D eigenvalue weighted by atomic mass is 9.99. The van der Waals surface area contributed by atoms with Gasteiger partial charge in [0.1, 0.15) is 23.4 Å². The molecule has 0 unspecified atom stereocenters. The Hall–Kier alpha value is -4.36. The Labute approximate surface area is 196 Å². The van der Waals surface area contributed by atoms with Crippen LogP contribution in [0.5, 0.6) is 0 Å². The van der Waals surface area contributed by atoms with E-state index in [-0.39, 0.29) is 5.69 Å². The van der Waals surface area contributed by atoms with Crippen LogP contribution < -0.4 is 15.5 Å². The van der Waals surface area contributed by atoms with Gasteiger partial charge in [0, 0.05) is 56.0 Å². The van der Waals surface area contributed by atoms with Crippen molar-refractivity contribution in [3.63, 3.8) is 0 Å². The number of fused-ring (bicyclic) bond motifs is 1. The maximum atomic E-state index is 13.1. The molecule has 10 nitrogen and oxygen atoms in total. The molecule has 0 fully saturated rings. The van der Waals surface area contributed by atoms with Crippen LogP contribution in [-0.4, -0.2) is 54.1 Å². The van der Waals surface area contributed by atoms with E-state index in [2.05, 4.69) is 31.7 Å². The van der Waals surface area contributed by atoms with Crippen molar-refractivity contribution in [3.8, 4) is 17.2 Å². The molecule has 4 rings (SSSR count). The smallest absolute Gasteiger partial charge is 0.328 e. The van der Waals surface area contributed by atoms with Gasteiger partial charge in [0.15, 0.2) is 6.29 Å². The van der Waals surface area contributed by atoms with E-state index < -0.39 is 6.03 Å². The van der Waals surface area contributed by atoms with Crippen molar-refractivity contribution in [2.75, 3.05) is 42.3 Å². The standard InChI is InChI=1S/C24H23N7O3/c1-34-9-7-27-20-11-22(28-14-18(20)12-25)30-24(33)31-8-3-5-16-10-19(17-4-2-6-26-13-17)21(15-32)29-23(16)31/h2,4,6,10-11,13-15H,3,5,7-9H2,1H3,(H2,27,28,30,33). The molecule has 0 radical (unpaired) electrons. The molecule has 0 bridgehead atoms. The molecule has 10 heteroatoms. The molecule has 0 saturated carbocycles. The second-order valence-corrected chi connectivity index (χ2v) is 7.60. The van der Waals surface area contributed by atoms with E-state index in [1.807, 2.05) is 12.1 Å². The van der Waals surface area contributed by atoms with Gasteiger partial charge in [-0.3, -0.25) is 20.0 Å². The predicted molar refractivity (Wildman–Crippen MR) is 127 cm³/mol. The molecule has 0 aromatic carbocycles. The monoisotopic (exact) mass is 457 g/mol. The highest BCUT2D eigenvalue weighted by Gasteiger charge is 2.26. The fraction of sp³-hybridized carbons (Fsp3) is 0.250. The van der Waals surface area contributed by atoms with Crippen LogP contribution in [0.2, 0.25) is 0 Å². The highest BCUT2D eigenvalue weighted by molar-refractivity contribution is 6.02. The summed E-state index contributed by atoms with van der Waals surface area (Å²) in [5.74, 6) is 0.740. The van der Waals surface area contributed by atoms with Gasteiger partial charge >= 0.3 is 6.03 Å². The number of methoxy groups -OCH3 is 1. The van der Waals surface area contributed by atoms with Crippen molar-refractivity contribution in [1.82, 2.24) is 15.0 Å². The quantitative estimate of drug-likeness (QED) is 0.408. The van der Waals surface area contributed by atoms with Gasteiger partial charge in [0.05, 0.1) is 17.9 Å². The molecule has 0 aliphatic carbocycles. The van der Waals surface area contributed by atoms with Gasteiger partial charge in [0.25, 0.3) is 0 Å². The minimum absolute atomic E-state index is 0.243. The second-order valence-electron chi connectivity index (χ2n) is 7.60. The Morgan fingerprint density at radius 2 is 2.24 bits per heavy atom. The maximum Gasteiger partial charge on any atom is 0.328 e. The number of hydrogen-bond donors (Lipinski definition) is 2. The predicted octanol–water partition coefficient (Wildman–Crippen LogP) is 3.27. The Bertz CT molecular complexity index is 1240. The van der Waals surface area contributed by atoms with Crippen molar-refractivity contribution in [3.05, 3.63) is 59.7 Å². The van der Waals surface area contributed by atoms with E-state index in [9.17, 15) is 14.9 Å². The van der Waals surface area contributed by atoms with Crippen LogP contribution in [-0.2, 0) is 11.2 Å². The largest absolute Gasteiger partial charge is 0.383 e. The molecule has 2 amide bonds. The highest BCUT2D eigenvalue weighted by Crippen LogP contribution is 2.32. The summed E-state index contributed by atoms with van der Waals surface area (Å²) in [5.41, 5.74) is 3.50. The molecule has 0 saturated heterocycles. The number of carbonyl (C=O) groups is 2. The number of aldehydes is 1. The first kappa shape index (κ1) is 22.8. The van der Waals surface area contributed by atoms with Crippen molar-refractivity contribution in [1.29, 1.82) is 5.26 Å². The zero-order chi connectivity index (χ0) is 23.9. The maximum absolute atomic E-state index is 13.1. The van der Waals surface area contributed by atoms with Gasteiger partial charge in [-0.1, -0.05) is 6.07 Å². The van der Waals surface area contributed by atoms with Crippen LogP contribution in [0, 0.1) is 11.3 Å². The Morgan fingerprint density at radius 3 is 2.97 bits per heavy atom. The number of ether oxygens (including phenoxy) is 1. The Kier molecular flexibility index (Phi) is 7.05. The fourth-order valence-corrected chi connectivity index (χ4v) is 3.77. The van der Waals surface area contributed by atoms with Crippen LogP contribution in [0.15, 0.2) is 42.9 Å². The molecular weight excluding hydrogens is 434 g/mol.